The number of hydrogen-bond donors (Lipinski definition) is 2. The first kappa shape index (κ1) is 15.2. The molecule has 0 unspecified atom stereocenters. The van der Waals surface area contributed by atoms with Crippen LogP contribution in [-0.4, -0.2) is 25.0 Å². The molecule has 0 aliphatic heterocycles. The van der Waals surface area contributed by atoms with E-state index in [0.29, 0.717) is 5.69 Å². The van der Waals surface area contributed by atoms with Crippen molar-refractivity contribution in [1.29, 1.82) is 0 Å². The average molecular weight is 321 g/mol. The molecule has 6 nitrogen and oxygen atoms in total. The van der Waals surface area contributed by atoms with Crippen LogP contribution < -0.4 is 9.46 Å². The molecule has 0 aliphatic carbocycles. The predicted octanol–water partition coefficient (Wildman–Crippen LogP) is 2.42. The molecule has 10 heteroatoms. The molecular weight excluding hydrogens is 311 g/mol. The molecule has 0 spiro atoms. The van der Waals surface area contributed by atoms with Crippen LogP contribution in [0.2, 0.25) is 0 Å². The smallest absolute Gasteiger partial charge is 0.406 e. The summed E-state index contributed by atoms with van der Waals surface area (Å²) in [5.74, 6) is -0.440. The van der Waals surface area contributed by atoms with Crippen molar-refractivity contribution in [2.75, 3.05) is 4.72 Å². The predicted molar refractivity (Wildman–Crippen MR) is 67.3 cm³/mol. The maximum absolute atomic E-state index is 12.0. The van der Waals surface area contributed by atoms with Gasteiger partial charge in [0.25, 0.3) is 10.0 Å². The number of rotatable bonds is 4. The summed E-state index contributed by atoms with van der Waals surface area (Å²) < 4.78 is 65.9. The Balaban J connectivity index is 2.16. The number of sulfonamides is 1. The van der Waals surface area contributed by atoms with E-state index in [2.05, 4.69) is 19.7 Å². The maximum Gasteiger partial charge on any atom is 0.573 e. The molecule has 114 valence electrons. The van der Waals surface area contributed by atoms with Gasteiger partial charge in [0.2, 0.25) is 0 Å². The molecule has 1 aromatic heterocycles. The van der Waals surface area contributed by atoms with Crippen LogP contribution in [0.15, 0.2) is 35.4 Å². The van der Waals surface area contributed by atoms with E-state index >= 15 is 0 Å². The second-order valence-electron chi connectivity index (χ2n) is 4.04. The number of nitrogens with zero attached hydrogens (tertiary/aromatic N) is 1. The lowest BCUT2D eigenvalue weighted by Gasteiger charge is -2.10. The summed E-state index contributed by atoms with van der Waals surface area (Å²) in [6.45, 7) is 1.53. The normalized spacial score (nSPS) is 12.2. The Morgan fingerprint density at radius 3 is 2.33 bits per heavy atom. The van der Waals surface area contributed by atoms with E-state index in [1.807, 2.05) is 0 Å². The summed E-state index contributed by atoms with van der Waals surface area (Å²) in [4.78, 5) is -0.0434. The molecule has 0 aliphatic rings. The zero-order valence-electron chi connectivity index (χ0n) is 10.6. The van der Waals surface area contributed by atoms with Gasteiger partial charge >= 0.3 is 6.36 Å². The van der Waals surface area contributed by atoms with E-state index in [9.17, 15) is 21.6 Å². The van der Waals surface area contributed by atoms with Crippen molar-refractivity contribution in [3.05, 3.63) is 36.2 Å². The van der Waals surface area contributed by atoms with Gasteiger partial charge in [-0.1, -0.05) is 0 Å². The van der Waals surface area contributed by atoms with E-state index in [1.54, 1.807) is 0 Å². The zero-order valence-corrected chi connectivity index (χ0v) is 11.4. The number of anilines is 1. The fraction of sp³-hybridized carbons (Fsp3) is 0.182. The van der Waals surface area contributed by atoms with Crippen LogP contribution in [-0.2, 0) is 10.0 Å². The third-order valence-corrected chi connectivity index (χ3v) is 3.91. The number of halogens is 3. The van der Waals surface area contributed by atoms with Crippen LogP contribution >= 0.6 is 0 Å². The first-order chi connectivity index (χ1) is 9.67. The van der Waals surface area contributed by atoms with Gasteiger partial charge < -0.3 is 4.74 Å². The van der Waals surface area contributed by atoms with Crippen LogP contribution in [0.25, 0.3) is 0 Å². The van der Waals surface area contributed by atoms with Gasteiger partial charge in [-0.2, -0.15) is 5.10 Å². The molecule has 0 bridgehead atoms. The summed E-state index contributed by atoms with van der Waals surface area (Å²) in [5.41, 5.74) is 0.449. The summed E-state index contributed by atoms with van der Waals surface area (Å²) in [6, 6.07) is 4.34. The minimum atomic E-state index is -4.80. The Bertz CT molecular complexity index is 723. The third-order valence-electron chi connectivity index (χ3n) is 2.41. The lowest BCUT2D eigenvalue weighted by Crippen LogP contribution is -2.17. The molecule has 0 radical (unpaired) electrons. The van der Waals surface area contributed by atoms with Gasteiger partial charge in [-0.05, 0) is 31.2 Å². The highest BCUT2D eigenvalue weighted by molar-refractivity contribution is 7.92. The molecule has 21 heavy (non-hydrogen) atoms. The standard InChI is InChI=1S/C11H10F3N3O3S/c1-7-10(6-15-16-7)21(18,19)17-8-2-4-9(5-3-8)20-11(12,13)14/h2-6,17H,1H3,(H,15,16). The summed E-state index contributed by atoms with van der Waals surface area (Å²) in [6.07, 6.45) is -3.66. The minimum Gasteiger partial charge on any atom is -0.406 e. The quantitative estimate of drug-likeness (QED) is 0.906. The van der Waals surface area contributed by atoms with Crippen LogP contribution in [0.1, 0.15) is 5.69 Å². The molecule has 2 aromatic rings. The fourth-order valence-electron chi connectivity index (χ4n) is 1.55. The summed E-state index contributed by atoms with van der Waals surface area (Å²) in [5, 5.41) is 6.08. The molecule has 1 aromatic carbocycles. The molecule has 0 fully saturated rings. The van der Waals surface area contributed by atoms with Gasteiger partial charge in [-0.15, -0.1) is 13.2 Å². The van der Waals surface area contributed by atoms with Crippen molar-refractivity contribution in [3.63, 3.8) is 0 Å². The van der Waals surface area contributed by atoms with E-state index < -0.39 is 22.1 Å². The Morgan fingerprint density at radius 2 is 1.86 bits per heavy atom. The van der Waals surface area contributed by atoms with Crippen molar-refractivity contribution in [2.24, 2.45) is 0 Å². The Morgan fingerprint density at radius 1 is 1.24 bits per heavy atom. The average Bonchev–Trinajstić information content (AvgIpc) is 2.77. The molecule has 0 saturated heterocycles. The number of hydrogen-bond acceptors (Lipinski definition) is 4. The highest BCUT2D eigenvalue weighted by Crippen LogP contribution is 2.25. The number of H-pyrrole nitrogens is 1. The number of aromatic nitrogens is 2. The minimum absolute atomic E-state index is 0.0434. The van der Waals surface area contributed by atoms with Crippen molar-refractivity contribution >= 4 is 15.7 Å². The Hall–Kier alpha value is -2.23. The van der Waals surface area contributed by atoms with E-state index in [1.165, 1.54) is 6.92 Å². The first-order valence-corrected chi connectivity index (χ1v) is 7.04. The molecule has 1 heterocycles. The molecule has 0 atom stereocenters. The molecule has 2 N–H and O–H groups in total. The SMILES string of the molecule is Cc1[nH]ncc1S(=O)(=O)Nc1ccc(OC(F)(F)F)cc1. The number of benzene rings is 1. The lowest BCUT2D eigenvalue weighted by atomic mass is 10.3. The van der Waals surface area contributed by atoms with Crippen molar-refractivity contribution in [3.8, 4) is 5.75 Å². The van der Waals surface area contributed by atoms with Crippen LogP contribution in [0.3, 0.4) is 0 Å². The molecular formula is C11H10F3N3O3S. The first-order valence-electron chi connectivity index (χ1n) is 5.56. The largest absolute Gasteiger partial charge is 0.573 e. The number of aryl methyl sites for hydroxylation is 1. The van der Waals surface area contributed by atoms with E-state index in [4.69, 9.17) is 0 Å². The highest BCUT2D eigenvalue weighted by Gasteiger charge is 2.31. The maximum atomic E-state index is 12.0. The summed E-state index contributed by atoms with van der Waals surface area (Å²) >= 11 is 0. The lowest BCUT2D eigenvalue weighted by molar-refractivity contribution is -0.274. The van der Waals surface area contributed by atoms with Crippen molar-refractivity contribution in [2.45, 2.75) is 18.2 Å². The molecule has 0 amide bonds. The number of nitrogens with one attached hydrogen (secondary N) is 2. The van der Waals surface area contributed by atoms with Crippen LogP contribution in [0.4, 0.5) is 18.9 Å². The Kier molecular flexibility index (Phi) is 3.81. The van der Waals surface area contributed by atoms with E-state index in [0.717, 1.165) is 30.5 Å². The number of aromatic amines is 1. The number of ether oxygens (including phenoxy) is 1. The second-order valence-corrected chi connectivity index (χ2v) is 5.69. The van der Waals surface area contributed by atoms with Crippen molar-refractivity contribution < 1.29 is 26.3 Å². The van der Waals surface area contributed by atoms with Crippen LogP contribution in [0, 0.1) is 6.92 Å². The van der Waals surface area contributed by atoms with Gasteiger partial charge in [0.15, 0.2) is 0 Å². The van der Waals surface area contributed by atoms with Gasteiger partial charge in [0.1, 0.15) is 10.6 Å². The third kappa shape index (κ3) is 3.88. The van der Waals surface area contributed by atoms with E-state index in [-0.39, 0.29) is 10.6 Å². The topological polar surface area (TPSA) is 84.1 Å². The molecule has 0 saturated carbocycles. The van der Waals surface area contributed by atoms with Crippen LogP contribution in [0.5, 0.6) is 5.75 Å². The van der Waals surface area contributed by atoms with Gasteiger partial charge in [-0.25, -0.2) is 8.42 Å². The highest BCUT2D eigenvalue weighted by atomic mass is 32.2. The summed E-state index contributed by atoms with van der Waals surface area (Å²) in [7, 11) is -3.86. The van der Waals surface area contributed by atoms with Gasteiger partial charge in [0, 0.05) is 5.69 Å². The van der Waals surface area contributed by atoms with Crippen molar-refractivity contribution in [1.82, 2.24) is 10.2 Å². The zero-order chi connectivity index (χ0) is 15.7. The second kappa shape index (κ2) is 5.28. The Labute approximate surface area is 118 Å². The van der Waals surface area contributed by atoms with Gasteiger partial charge in [-0.3, -0.25) is 9.82 Å². The van der Waals surface area contributed by atoms with Gasteiger partial charge in [0.05, 0.1) is 11.9 Å². The monoisotopic (exact) mass is 321 g/mol. The number of alkyl halides is 3. The fourth-order valence-corrected chi connectivity index (χ4v) is 2.74. The molecule has 2 rings (SSSR count).